The summed E-state index contributed by atoms with van der Waals surface area (Å²) in [5.41, 5.74) is 2.71. The number of carbonyl (C=O) groups is 2. The van der Waals surface area contributed by atoms with Gasteiger partial charge < -0.3 is 21.1 Å². The highest BCUT2D eigenvalue weighted by atomic mass is 19.1. The first-order valence-corrected chi connectivity index (χ1v) is 9.33. The van der Waals surface area contributed by atoms with Crippen molar-refractivity contribution in [2.75, 3.05) is 23.7 Å². The fourth-order valence-electron chi connectivity index (χ4n) is 3.54. The highest BCUT2D eigenvalue weighted by molar-refractivity contribution is 5.92. The molecule has 0 spiro atoms. The number of carboxylic acid groups (broad SMARTS) is 1. The molecule has 0 radical (unpaired) electrons. The van der Waals surface area contributed by atoms with Gasteiger partial charge in [-0.15, -0.1) is 0 Å². The molecule has 2 aromatic heterocycles. The number of benzene rings is 1. The molecule has 1 aliphatic heterocycles. The molecule has 1 amide bonds. The number of aromatic nitrogens is 2. The van der Waals surface area contributed by atoms with Crippen molar-refractivity contribution in [1.29, 1.82) is 0 Å². The summed E-state index contributed by atoms with van der Waals surface area (Å²) < 4.78 is 43.9. The second kappa shape index (κ2) is 7.55. The zero-order valence-electron chi connectivity index (χ0n) is 16.5. The van der Waals surface area contributed by atoms with E-state index in [2.05, 4.69) is 10.3 Å². The molecule has 4 N–H and O–H groups in total. The summed E-state index contributed by atoms with van der Waals surface area (Å²) in [5, 5.41) is 11.6. The van der Waals surface area contributed by atoms with Crippen LogP contribution in [0.3, 0.4) is 0 Å². The van der Waals surface area contributed by atoms with Crippen LogP contribution in [0.4, 0.5) is 24.7 Å². The highest BCUT2D eigenvalue weighted by Crippen LogP contribution is 2.28. The van der Waals surface area contributed by atoms with Crippen LogP contribution in [-0.2, 0) is 4.79 Å². The summed E-state index contributed by atoms with van der Waals surface area (Å²) in [4.78, 5) is 41.0. The van der Waals surface area contributed by atoms with Crippen molar-refractivity contribution >= 4 is 34.4 Å². The first-order chi connectivity index (χ1) is 15.1. The van der Waals surface area contributed by atoms with Gasteiger partial charge in [0.1, 0.15) is 17.2 Å². The quantitative estimate of drug-likeness (QED) is 0.516. The van der Waals surface area contributed by atoms with Crippen LogP contribution in [0.2, 0.25) is 0 Å². The Morgan fingerprint density at radius 2 is 1.84 bits per heavy atom. The molecule has 1 saturated heterocycles. The molecule has 0 saturated carbocycles. The Kier molecular flexibility index (Phi) is 4.99. The maximum atomic E-state index is 14.8. The molecule has 0 unspecified atom stereocenters. The van der Waals surface area contributed by atoms with Gasteiger partial charge in [0.15, 0.2) is 17.3 Å². The molecule has 1 aliphatic rings. The van der Waals surface area contributed by atoms with Crippen molar-refractivity contribution in [3.63, 3.8) is 0 Å². The van der Waals surface area contributed by atoms with E-state index < -0.39 is 45.5 Å². The van der Waals surface area contributed by atoms with Gasteiger partial charge in [-0.05, 0) is 12.1 Å². The lowest BCUT2D eigenvalue weighted by Crippen LogP contribution is -2.59. The minimum absolute atomic E-state index is 0.175. The van der Waals surface area contributed by atoms with Crippen molar-refractivity contribution in [1.82, 2.24) is 14.9 Å². The van der Waals surface area contributed by atoms with Crippen LogP contribution in [0.5, 0.6) is 0 Å². The van der Waals surface area contributed by atoms with E-state index in [1.54, 1.807) is 0 Å². The van der Waals surface area contributed by atoms with Gasteiger partial charge in [0, 0.05) is 32.3 Å². The molecule has 9 nitrogen and oxygen atoms in total. The molecule has 3 aromatic rings. The second-order valence-corrected chi connectivity index (χ2v) is 7.34. The number of aromatic carboxylic acids is 1. The standard InChI is InChI=1S/C20H16F3N5O4/c1-8(29)25-9-5-27(6-9)19-14(23)2-10-17(30)11(20(31)32)7-28(18(10)26-19)16-4-15(24)12(21)3-13(16)22/h2-4,7,9H,5-6,24H2,1H3,(H,25,29)(H,31,32). The van der Waals surface area contributed by atoms with Crippen molar-refractivity contribution in [3.8, 4) is 5.69 Å². The van der Waals surface area contributed by atoms with E-state index in [9.17, 15) is 32.7 Å². The summed E-state index contributed by atoms with van der Waals surface area (Å²) in [7, 11) is 0. The highest BCUT2D eigenvalue weighted by Gasteiger charge is 2.31. The van der Waals surface area contributed by atoms with Crippen molar-refractivity contribution < 1.29 is 27.9 Å². The smallest absolute Gasteiger partial charge is 0.341 e. The Bertz CT molecular complexity index is 1350. The van der Waals surface area contributed by atoms with Crippen LogP contribution in [0.1, 0.15) is 17.3 Å². The number of rotatable bonds is 4. The van der Waals surface area contributed by atoms with Gasteiger partial charge in [0.25, 0.3) is 0 Å². The maximum Gasteiger partial charge on any atom is 0.341 e. The third-order valence-electron chi connectivity index (χ3n) is 5.06. The lowest BCUT2D eigenvalue weighted by Gasteiger charge is -2.40. The fourth-order valence-corrected chi connectivity index (χ4v) is 3.54. The molecule has 1 fully saturated rings. The number of halogens is 3. The second-order valence-electron chi connectivity index (χ2n) is 7.34. The van der Waals surface area contributed by atoms with Gasteiger partial charge in [0.05, 0.1) is 22.8 Å². The van der Waals surface area contributed by atoms with Gasteiger partial charge in [-0.3, -0.25) is 14.2 Å². The van der Waals surface area contributed by atoms with E-state index in [0.29, 0.717) is 6.07 Å². The monoisotopic (exact) mass is 447 g/mol. The number of hydrogen-bond acceptors (Lipinski definition) is 6. The van der Waals surface area contributed by atoms with E-state index in [4.69, 9.17) is 5.73 Å². The van der Waals surface area contributed by atoms with Gasteiger partial charge in [-0.2, -0.15) is 0 Å². The lowest BCUT2D eigenvalue weighted by molar-refractivity contribution is -0.119. The zero-order valence-corrected chi connectivity index (χ0v) is 16.5. The molecule has 166 valence electrons. The Morgan fingerprint density at radius 3 is 2.47 bits per heavy atom. The first kappa shape index (κ1) is 21.2. The predicted octanol–water partition coefficient (Wildman–Crippen LogP) is 1.41. The molecule has 4 rings (SSSR count). The molecule has 0 bridgehead atoms. The molecule has 3 heterocycles. The molecule has 0 aliphatic carbocycles. The number of fused-ring (bicyclic) bond motifs is 1. The SMILES string of the molecule is CC(=O)NC1CN(c2nc3c(cc2F)c(=O)c(C(=O)O)cn3-c2cc(N)c(F)cc2F)C1. The summed E-state index contributed by atoms with van der Waals surface area (Å²) >= 11 is 0. The number of amides is 1. The number of carboxylic acids is 1. The number of carbonyl (C=O) groups excluding carboxylic acids is 1. The Balaban J connectivity index is 1.93. The molecular weight excluding hydrogens is 431 g/mol. The third-order valence-corrected chi connectivity index (χ3v) is 5.06. The summed E-state index contributed by atoms with van der Waals surface area (Å²) in [6, 6.07) is 2.02. The Morgan fingerprint density at radius 1 is 1.16 bits per heavy atom. The van der Waals surface area contributed by atoms with Crippen LogP contribution in [-0.4, -0.2) is 45.7 Å². The van der Waals surface area contributed by atoms with E-state index in [1.165, 1.54) is 11.8 Å². The minimum Gasteiger partial charge on any atom is -0.477 e. The molecule has 32 heavy (non-hydrogen) atoms. The number of nitrogens with one attached hydrogen (secondary N) is 1. The molecule has 12 heteroatoms. The van der Waals surface area contributed by atoms with E-state index >= 15 is 0 Å². The number of hydrogen-bond donors (Lipinski definition) is 3. The number of nitrogen functional groups attached to an aromatic ring is 1. The van der Waals surface area contributed by atoms with Crippen molar-refractivity contribution in [2.24, 2.45) is 0 Å². The number of nitrogens with two attached hydrogens (primary N) is 1. The Labute approximate surface area is 177 Å². The molecule has 0 atom stereocenters. The summed E-state index contributed by atoms with van der Waals surface area (Å²) in [6.07, 6.45) is 0.827. The van der Waals surface area contributed by atoms with Crippen LogP contribution >= 0.6 is 0 Å². The summed E-state index contributed by atoms with van der Waals surface area (Å²) in [6.45, 7) is 1.83. The molecule has 1 aromatic carbocycles. The van der Waals surface area contributed by atoms with Crippen LogP contribution in [0, 0.1) is 17.5 Å². The minimum atomic E-state index is -1.62. The molecular formula is C20H16F3N5O4. The third kappa shape index (κ3) is 3.49. The Hall–Kier alpha value is -4.09. The van der Waals surface area contributed by atoms with Gasteiger partial charge >= 0.3 is 5.97 Å². The number of nitrogens with zero attached hydrogens (tertiary/aromatic N) is 3. The van der Waals surface area contributed by atoms with Crippen molar-refractivity contribution in [3.05, 3.63) is 57.6 Å². The maximum absolute atomic E-state index is 14.8. The normalized spacial score (nSPS) is 13.8. The average molecular weight is 447 g/mol. The summed E-state index contributed by atoms with van der Waals surface area (Å²) in [5.74, 6) is -5.07. The van der Waals surface area contributed by atoms with E-state index in [-0.39, 0.29) is 42.2 Å². The average Bonchev–Trinajstić information content (AvgIpc) is 2.68. The van der Waals surface area contributed by atoms with Gasteiger partial charge in [-0.25, -0.2) is 22.9 Å². The zero-order chi connectivity index (χ0) is 23.3. The van der Waals surface area contributed by atoms with Gasteiger partial charge in [0.2, 0.25) is 11.3 Å². The van der Waals surface area contributed by atoms with Crippen LogP contribution < -0.4 is 21.4 Å². The van der Waals surface area contributed by atoms with E-state index in [1.807, 2.05) is 0 Å². The number of anilines is 2. The first-order valence-electron chi connectivity index (χ1n) is 9.33. The lowest BCUT2D eigenvalue weighted by atomic mass is 10.1. The van der Waals surface area contributed by atoms with Crippen LogP contribution in [0.25, 0.3) is 16.7 Å². The fraction of sp³-hybridized carbons (Fsp3) is 0.200. The largest absolute Gasteiger partial charge is 0.477 e. The van der Waals surface area contributed by atoms with E-state index in [0.717, 1.165) is 22.9 Å². The van der Waals surface area contributed by atoms with Crippen LogP contribution in [0.15, 0.2) is 29.2 Å². The topological polar surface area (TPSA) is 131 Å². The van der Waals surface area contributed by atoms with Crippen molar-refractivity contribution in [2.45, 2.75) is 13.0 Å². The van der Waals surface area contributed by atoms with Gasteiger partial charge in [-0.1, -0.05) is 0 Å². The predicted molar refractivity (Wildman–Crippen MR) is 108 cm³/mol. The number of pyridine rings is 2.